The maximum atomic E-state index is 13.2. The first kappa shape index (κ1) is 26.1. The van der Waals surface area contributed by atoms with Crippen LogP contribution in [-0.2, 0) is 4.79 Å². The van der Waals surface area contributed by atoms with Crippen molar-refractivity contribution in [2.75, 3.05) is 71.0 Å². The third-order valence-electron chi connectivity index (χ3n) is 6.50. The molecule has 0 aromatic heterocycles. The fourth-order valence-electron chi connectivity index (χ4n) is 4.54. The highest BCUT2D eigenvalue weighted by atomic mass is 16.6. The van der Waals surface area contributed by atoms with Gasteiger partial charge in [-0.15, -0.1) is 0 Å². The van der Waals surface area contributed by atoms with Crippen LogP contribution in [0.5, 0.6) is 23.0 Å². The Morgan fingerprint density at radius 2 is 1.61 bits per heavy atom. The van der Waals surface area contributed by atoms with E-state index in [4.69, 9.17) is 18.9 Å². The number of likely N-dealkylation sites (N-methyl/N-ethyl adjacent to an activating group) is 1. The smallest absolute Gasteiger partial charge is 0.241 e. The molecule has 1 N–H and O–H groups in total. The lowest BCUT2D eigenvalue weighted by Crippen LogP contribution is -2.53. The topological polar surface area (TPSA) is 83.9 Å². The van der Waals surface area contributed by atoms with Crippen LogP contribution in [0.15, 0.2) is 42.5 Å². The Kier molecular flexibility index (Phi) is 8.90. The Balaban J connectivity index is 1.28. The molecule has 1 fully saturated rings. The molecule has 2 atom stereocenters. The highest BCUT2D eigenvalue weighted by molar-refractivity contribution is 5.97. The van der Waals surface area contributed by atoms with Crippen LogP contribution in [0.4, 0.5) is 5.69 Å². The van der Waals surface area contributed by atoms with Crippen LogP contribution in [0.2, 0.25) is 0 Å². The minimum absolute atomic E-state index is 0.0250. The van der Waals surface area contributed by atoms with E-state index in [0.29, 0.717) is 61.6 Å². The molecule has 4 rings (SSSR count). The predicted molar refractivity (Wildman–Crippen MR) is 137 cm³/mol. The Hall–Kier alpha value is -3.01. The minimum atomic E-state index is -0.662. The van der Waals surface area contributed by atoms with Crippen LogP contribution in [0.3, 0.4) is 0 Å². The predicted octanol–water partition coefficient (Wildman–Crippen LogP) is 2.27. The van der Waals surface area contributed by atoms with E-state index in [9.17, 15) is 9.90 Å². The molecule has 2 aromatic carbocycles. The van der Waals surface area contributed by atoms with Gasteiger partial charge >= 0.3 is 0 Å². The van der Waals surface area contributed by atoms with E-state index in [1.165, 1.54) is 0 Å². The van der Waals surface area contributed by atoms with Crippen LogP contribution in [0.1, 0.15) is 13.8 Å². The molecule has 196 valence electrons. The van der Waals surface area contributed by atoms with Gasteiger partial charge < -0.3 is 29.0 Å². The van der Waals surface area contributed by atoms with E-state index in [0.717, 1.165) is 26.2 Å². The van der Waals surface area contributed by atoms with Crippen molar-refractivity contribution in [2.45, 2.75) is 26.1 Å². The second-order valence-electron chi connectivity index (χ2n) is 8.98. The van der Waals surface area contributed by atoms with Crippen molar-refractivity contribution in [3.63, 3.8) is 0 Å². The number of carbonyl (C=O) groups excluding carboxylic acids is 1. The van der Waals surface area contributed by atoms with E-state index in [-0.39, 0.29) is 5.91 Å². The summed E-state index contributed by atoms with van der Waals surface area (Å²) < 4.78 is 23.2. The van der Waals surface area contributed by atoms with E-state index in [2.05, 4.69) is 9.80 Å². The Bertz CT molecular complexity index is 987. The van der Waals surface area contributed by atoms with E-state index >= 15 is 0 Å². The molecule has 9 heteroatoms. The lowest BCUT2D eigenvalue weighted by Gasteiger charge is -2.37. The molecule has 0 spiro atoms. The number of hydrogen-bond donors (Lipinski definition) is 1. The number of fused-ring (bicyclic) bond motifs is 1. The Morgan fingerprint density at radius 1 is 1.00 bits per heavy atom. The van der Waals surface area contributed by atoms with Crippen molar-refractivity contribution in [3.8, 4) is 23.0 Å². The molecule has 0 aliphatic carbocycles. The molecule has 9 nitrogen and oxygen atoms in total. The largest absolute Gasteiger partial charge is 0.492 e. The molecule has 2 aliphatic heterocycles. The first-order chi connectivity index (χ1) is 17.5. The summed E-state index contributed by atoms with van der Waals surface area (Å²) in [6.07, 6.45) is -1.07. The zero-order chi connectivity index (χ0) is 25.5. The lowest BCUT2D eigenvalue weighted by atomic mass is 10.1. The molecule has 0 radical (unpaired) electrons. The van der Waals surface area contributed by atoms with Crippen LogP contribution in [0.25, 0.3) is 0 Å². The quantitative estimate of drug-likeness (QED) is 0.533. The van der Waals surface area contributed by atoms with Gasteiger partial charge in [-0.3, -0.25) is 14.6 Å². The van der Waals surface area contributed by atoms with Gasteiger partial charge in [0.2, 0.25) is 5.91 Å². The van der Waals surface area contributed by atoms with Crippen molar-refractivity contribution in [3.05, 3.63) is 42.5 Å². The fraction of sp³-hybridized carbons (Fsp3) is 0.519. The standard InChI is InChI=1S/C27H37N3O6/c1-4-33-23-11-8-12-24(34-5-2)27(23)28(3)26(32)18-30-15-13-29(14-16-30)17-20(31)25-19-35-21-9-6-7-10-22(21)36-25/h6-12,20,25,31H,4-5,13-19H2,1-3H3. The Labute approximate surface area is 213 Å². The van der Waals surface area contributed by atoms with Gasteiger partial charge in [0, 0.05) is 39.8 Å². The summed E-state index contributed by atoms with van der Waals surface area (Å²) in [5.41, 5.74) is 0.657. The molecule has 2 heterocycles. The number of aliphatic hydroxyl groups is 1. The van der Waals surface area contributed by atoms with Gasteiger partial charge in [0.25, 0.3) is 0 Å². The first-order valence-corrected chi connectivity index (χ1v) is 12.7. The van der Waals surface area contributed by atoms with Gasteiger partial charge in [-0.25, -0.2) is 0 Å². The fourth-order valence-corrected chi connectivity index (χ4v) is 4.54. The normalized spacial score (nSPS) is 18.9. The zero-order valence-corrected chi connectivity index (χ0v) is 21.4. The average Bonchev–Trinajstić information content (AvgIpc) is 2.89. The molecule has 2 unspecified atom stereocenters. The third-order valence-corrected chi connectivity index (χ3v) is 6.50. The summed E-state index contributed by atoms with van der Waals surface area (Å²) in [6, 6.07) is 13.1. The second kappa shape index (κ2) is 12.3. The van der Waals surface area contributed by atoms with Gasteiger partial charge in [0.05, 0.1) is 19.8 Å². The van der Waals surface area contributed by atoms with Crippen LogP contribution in [0, 0.1) is 0 Å². The van der Waals surface area contributed by atoms with Gasteiger partial charge in [0.1, 0.15) is 29.9 Å². The zero-order valence-electron chi connectivity index (χ0n) is 21.4. The Morgan fingerprint density at radius 3 is 2.25 bits per heavy atom. The number of β-amino-alcohol motifs (C(OH)–C–C–N with tert-alkyl or cyclic N) is 1. The molecular weight excluding hydrogens is 462 g/mol. The number of hydrogen-bond acceptors (Lipinski definition) is 8. The van der Waals surface area contributed by atoms with E-state index in [1.54, 1.807) is 11.9 Å². The van der Waals surface area contributed by atoms with Crippen molar-refractivity contribution in [1.82, 2.24) is 9.80 Å². The minimum Gasteiger partial charge on any atom is -0.492 e. The van der Waals surface area contributed by atoms with Crippen molar-refractivity contribution < 1.29 is 28.8 Å². The number of rotatable bonds is 10. The first-order valence-electron chi connectivity index (χ1n) is 12.7. The van der Waals surface area contributed by atoms with Crippen molar-refractivity contribution >= 4 is 11.6 Å². The summed E-state index contributed by atoms with van der Waals surface area (Å²) in [4.78, 5) is 19.2. The molecule has 2 aromatic rings. The second-order valence-corrected chi connectivity index (χ2v) is 8.98. The molecular formula is C27H37N3O6. The number of aliphatic hydroxyl groups excluding tert-OH is 1. The van der Waals surface area contributed by atoms with Crippen LogP contribution < -0.4 is 23.8 Å². The lowest BCUT2D eigenvalue weighted by molar-refractivity contribution is -0.120. The monoisotopic (exact) mass is 499 g/mol. The summed E-state index contributed by atoms with van der Waals surface area (Å²) in [7, 11) is 1.76. The number of amides is 1. The number of ether oxygens (including phenoxy) is 4. The summed E-state index contributed by atoms with van der Waals surface area (Å²) in [5, 5.41) is 10.8. The number of carbonyl (C=O) groups is 1. The summed E-state index contributed by atoms with van der Waals surface area (Å²) >= 11 is 0. The summed E-state index contributed by atoms with van der Waals surface area (Å²) in [5.74, 6) is 2.62. The van der Waals surface area contributed by atoms with Gasteiger partial charge in [-0.05, 0) is 38.1 Å². The SMILES string of the molecule is CCOc1cccc(OCC)c1N(C)C(=O)CN1CCN(CC(O)C2COc3ccccc3O2)CC1. The molecule has 36 heavy (non-hydrogen) atoms. The molecule has 0 saturated carbocycles. The maximum absolute atomic E-state index is 13.2. The number of piperazine rings is 1. The van der Waals surface area contributed by atoms with Crippen molar-refractivity contribution in [1.29, 1.82) is 0 Å². The van der Waals surface area contributed by atoms with Gasteiger partial charge in [-0.2, -0.15) is 0 Å². The number of anilines is 1. The van der Waals surface area contributed by atoms with Crippen LogP contribution >= 0.6 is 0 Å². The van der Waals surface area contributed by atoms with Crippen LogP contribution in [-0.4, -0.2) is 99.2 Å². The molecule has 1 saturated heterocycles. The average molecular weight is 500 g/mol. The van der Waals surface area contributed by atoms with E-state index < -0.39 is 12.2 Å². The van der Waals surface area contributed by atoms with Gasteiger partial charge in [-0.1, -0.05) is 18.2 Å². The summed E-state index contributed by atoms with van der Waals surface area (Å²) in [6.45, 7) is 8.97. The van der Waals surface area contributed by atoms with Gasteiger partial charge in [0.15, 0.2) is 17.6 Å². The number of nitrogens with zero attached hydrogens (tertiary/aromatic N) is 3. The molecule has 0 bridgehead atoms. The molecule has 1 amide bonds. The highest BCUT2D eigenvalue weighted by Crippen LogP contribution is 2.37. The maximum Gasteiger partial charge on any atom is 0.241 e. The number of benzene rings is 2. The third kappa shape index (κ3) is 6.21. The molecule has 2 aliphatic rings. The van der Waals surface area contributed by atoms with E-state index in [1.807, 2.05) is 56.3 Å². The highest BCUT2D eigenvalue weighted by Gasteiger charge is 2.30. The number of para-hydroxylation sites is 3. The van der Waals surface area contributed by atoms with Crippen molar-refractivity contribution in [2.24, 2.45) is 0 Å².